The molecule has 0 amide bonds. The topological polar surface area (TPSA) is 82.6 Å². The van der Waals surface area contributed by atoms with Gasteiger partial charge in [0.15, 0.2) is 0 Å². The van der Waals surface area contributed by atoms with E-state index in [1.807, 2.05) is 30.5 Å². The summed E-state index contributed by atoms with van der Waals surface area (Å²) in [6, 6.07) is 12.1. The zero-order chi connectivity index (χ0) is 19.5. The molecule has 1 saturated heterocycles. The van der Waals surface area contributed by atoms with E-state index in [1.54, 1.807) is 12.5 Å². The molecule has 0 saturated carbocycles. The molecule has 7 nitrogen and oxygen atoms in total. The maximum Gasteiger partial charge on any atom is 0.140 e. The standard InChI is InChI=1S/C22H23N7/c1-4-10-29(11-5-1)21-13-19(26-15-27-21)18-12-20(28-22-17(18)7-9-24-22)25-14-16-6-2-3-8-23-16/h2-3,6-9,12-13,15H,1,4-5,10-11,14H2,(H2,24,25,28). The maximum atomic E-state index is 4.70. The van der Waals surface area contributed by atoms with E-state index in [2.05, 4.69) is 42.3 Å². The van der Waals surface area contributed by atoms with Crippen molar-refractivity contribution in [1.82, 2.24) is 24.9 Å². The highest BCUT2D eigenvalue weighted by Gasteiger charge is 2.15. The Hall–Kier alpha value is -3.48. The molecule has 1 aliphatic heterocycles. The van der Waals surface area contributed by atoms with E-state index >= 15 is 0 Å². The van der Waals surface area contributed by atoms with Gasteiger partial charge in [-0.3, -0.25) is 4.98 Å². The molecule has 1 fully saturated rings. The Morgan fingerprint density at radius 1 is 1.00 bits per heavy atom. The highest BCUT2D eigenvalue weighted by Crippen LogP contribution is 2.30. The largest absolute Gasteiger partial charge is 0.364 e. The highest BCUT2D eigenvalue weighted by molar-refractivity contribution is 5.94. The molecule has 5 rings (SSSR count). The van der Waals surface area contributed by atoms with Crippen LogP contribution < -0.4 is 10.2 Å². The van der Waals surface area contributed by atoms with E-state index in [4.69, 9.17) is 4.98 Å². The first-order valence-corrected chi connectivity index (χ1v) is 10.1. The summed E-state index contributed by atoms with van der Waals surface area (Å²) >= 11 is 0. The second-order valence-corrected chi connectivity index (χ2v) is 7.28. The van der Waals surface area contributed by atoms with E-state index < -0.39 is 0 Å². The first kappa shape index (κ1) is 17.6. The second kappa shape index (κ2) is 7.87. The van der Waals surface area contributed by atoms with Gasteiger partial charge < -0.3 is 15.2 Å². The van der Waals surface area contributed by atoms with Crippen LogP contribution in [0.25, 0.3) is 22.3 Å². The molecule has 1 aliphatic rings. The second-order valence-electron chi connectivity index (χ2n) is 7.28. The van der Waals surface area contributed by atoms with Crippen molar-refractivity contribution in [1.29, 1.82) is 0 Å². The van der Waals surface area contributed by atoms with Crippen molar-refractivity contribution in [2.24, 2.45) is 0 Å². The first-order valence-electron chi connectivity index (χ1n) is 10.1. The van der Waals surface area contributed by atoms with Gasteiger partial charge in [0.2, 0.25) is 0 Å². The van der Waals surface area contributed by atoms with Gasteiger partial charge in [0.1, 0.15) is 23.6 Å². The Morgan fingerprint density at radius 3 is 2.79 bits per heavy atom. The molecule has 0 atom stereocenters. The minimum Gasteiger partial charge on any atom is -0.364 e. The predicted octanol–water partition coefficient (Wildman–Crippen LogP) is 4.02. The molecule has 2 N–H and O–H groups in total. The summed E-state index contributed by atoms with van der Waals surface area (Å²) in [4.78, 5) is 23.7. The average Bonchev–Trinajstić information content (AvgIpc) is 3.27. The highest BCUT2D eigenvalue weighted by atomic mass is 15.2. The zero-order valence-electron chi connectivity index (χ0n) is 16.2. The Labute approximate surface area is 169 Å². The molecular weight excluding hydrogens is 362 g/mol. The smallest absolute Gasteiger partial charge is 0.140 e. The number of fused-ring (bicyclic) bond motifs is 1. The van der Waals surface area contributed by atoms with Crippen molar-refractivity contribution >= 4 is 22.7 Å². The van der Waals surface area contributed by atoms with E-state index in [9.17, 15) is 0 Å². The lowest BCUT2D eigenvalue weighted by molar-refractivity contribution is 0.573. The third-order valence-electron chi connectivity index (χ3n) is 5.31. The van der Waals surface area contributed by atoms with Gasteiger partial charge >= 0.3 is 0 Å². The number of pyridine rings is 2. The third kappa shape index (κ3) is 3.76. The number of nitrogens with zero attached hydrogens (tertiary/aromatic N) is 5. The Morgan fingerprint density at radius 2 is 1.93 bits per heavy atom. The molecule has 7 heteroatoms. The van der Waals surface area contributed by atoms with Gasteiger partial charge in [-0.2, -0.15) is 0 Å². The normalized spacial score (nSPS) is 14.3. The summed E-state index contributed by atoms with van der Waals surface area (Å²) in [5.74, 6) is 1.79. The molecule has 4 aromatic heterocycles. The number of piperidine rings is 1. The number of hydrogen-bond acceptors (Lipinski definition) is 6. The molecule has 0 aromatic carbocycles. The molecular formula is C22H23N7. The third-order valence-corrected chi connectivity index (χ3v) is 5.31. The van der Waals surface area contributed by atoms with Crippen LogP contribution in [0.2, 0.25) is 0 Å². The van der Waals surface area contributed by atoms with Crippen molar-refractivity contribution < 1.29 is 0 Å². The first-order chi connectivity index (χ1) is 14.4. The van der Waals surface area contributed by atoms with Crippen molar-refractivity contribution in [3.63, 3.8) is 0 Å². The fourth-order valence-corrected chi connectivity index (χ4v) is 3.81. The van der Waals surface area contributed by atoms with Gasteiger partial charge in [-0.05, 0) is 43.5 Å². The van der Waals surface area contributed by atoms with Crippen molar-refractivity contribution in [3.8, 4) is 11.3 Å². The quantitative estimate of drug-likeness (QED) is 0.540. The number of aromatic nitrogens is 5. The summed E-state index contributed by atoms with van der Waals surface area (Å²) in [5.41, 5.74) is 3.76. The van der Waals surface area contributed by atoms with Crippen LogP contribution in [0.15, 0.2) is 55.1 Å². The van der Waals surface area contributed by atoms with Crippen LogP contribution >= 0.6 is 0 Å². The minimum absolute atomic E-state index is 0.613. The van der Waals surface area contributed by atoms with Crippen LogP contribution in [0.1, 0.15) is 25.0 Å². The predicted molar refractivity (Wildman–Crippen MR) is 115 cm³/mol. The van der Waals surface area contributed by atoms with Gasteiger partial charge in [0.25, 0.3) is 0 Å². The number of anilines is 2. The van der Waals surface area contributed by atoms with Gasteiger partial charge in [-0.1, -0.05) is 6.07 Å². The average molecular weight is 385 g/mol. The minimum atomic E-state index is 0.613. The lowest BCUT2D eigenvalue weighted by atomic mass is 10.1. The lowest BCUT2D eigenvalue weighted by Crippen LogP contribution is -2.30. The summed E-state index contributed by atoms with van der Waals surface area (Å²) in [7, 11) is 0. The van der Waals surface area contributed by atoms with E-state index in [1.165, 1.54) is 19.3 Å². The Kier molecular flexibility index (Phi) is 4.78. The van der Waals surface area contributed by atoms with Gasteiger partial charge in [0.05, 0.1) is 17.9 Å². The summed E-state index contributed by atoms with van der Waals surface area (Å²) in [6.07, 6.45) is 9.12. The molecule has 0 bridgehead atoms. The maximum absolute atomic E-state index is 4.70. The number of nitrogens with one attached hydrogen (secondary N) is 2. The van der Waals surface area contributed by atoms with E-state index in [0.29, 0.717) is 6.54 Å². The Bertz CT molecular complexity index is 1100. The van der Waals surface area contributed by atoms with Crippen molar-refractivity contribution in [3.05, 3.63) is 60.8 Å². The number of hydrogen-bond donors (Lipinski definition) is 2. The monoisotopic (exact) mass is 385 g/mol. The summed E-state index contributed by atoms with van der Waals surface area (Å²) < 4.78 is 0. The summed E-state index contributed by atoms with van der Waals surface area (Å²) in [5, 5.41) is 4.44. The molecule has 0 aliphatic carbocycles. The zero-order valence-corrected chi connectivity index (χ0v) is 16.2. The number of aromatic amines is 1. The number of H-pyrrole nitrogens is 1. The molecule has 0 unspecified atom stereocenters. The fraction of sp³-hybridized carbons (Fsp3) is 0.273. The SMILES string of the molecule is c1ccc(CNc2cc(-c3cc(N4CCCCC4)ncn3)c3cc[nH]c3n2)nc1. The van der Waals surface area contributed by atoms with Crippen LogP contribution in [0, 0.1) is 0 Å². The Balaban J connectivity index is 1.48. The van der Waals surface area contributed by atoms with Crippen molar-refractivity contribution in [2.75, 3.05) is 23.3 Å². The molecule has 5 heterocycles. The van der Waals surface area contributed by atoms with Crippen LogP contribution in [0.5, 0.6) is 0 Å². The molecule has 0 radical (unpaired) electrons. The molecule has 0 spiro atoms. The van der Waals surface area contributed by atoms with Gasteiger partial charge in [-0.15, -0.1) is 0 Å². The molecule has 146 valence electrons. The molecule has 4 aromatic rings. The fourth-order valence-electron chi connectivity index (χ4n) is 3.81. The van der Waals surface area contributed by atoms with Crippen LogP contribution in [0.4, 0.5) is 11.6 Å². The van der Waals surface area contributed by atoms with Crippen LogP contribution in [-0.2, 0) is 6.54 Å². The molecule has 29 heavy (non-hydrogen) atoms. The van der Waals surface area contributed by atoms with Gasteiger partial charge in [-0.25, -0.2) is 15.0 Å². The van der Waals surface area contributed by atoms with E-state index in [-0.39, 0.29) is 0 Å². The van der Waals surface area contributed by atoms with Crippen molar-refractivity contribution in [2.45, 2.75) is 25.8 Å². The van der Waals surface area contributed by atoms with Crippen LogP contribution in [-0.4, -0.2) is 38.0 Å². The summed E-state index contributed by atoms with van der Waals surface area (Å²) in [6.45, 7) is 2.73. The lowest BCUT2D eigenvalue weighted by Gasteiger charge is -2.27. The van der Waals surface area contributed by atoms with Crippen LogP contribution in [0.3, 0.4) is 0 Å². The van der Waals surface area contributed by atoms with Gasteiger partial charge in [0, 0.05) is 42.5 Å². The van der Waals surface area contributed by atoms with E-state index in [0.717, 1.165) is 52.7 Å². The number of rotatable bonds is 5.